The van der Waals surface area contributed by atoms with Crippen molar-refractivity contribution in [3.63, 3.8) is 0 Å². The van der Waals surface area contributed by atoms with Gasteiger partial charge in [-0.25, -0.2) is 0 Å². The van der Waals surface area contributed by atoms with E-state index in [1.54, 1.807) is 0 Å². The lowest BCUT2D eigenvalue weighted by molar-refractivity contribution is -0.385. The van der Waals surface area contributed by atoms with Crippen molar-refractivity contribution < 1.29 is 19.9 Å². The zero-order valence-electron chi connectivity index (χ0n) is 7.38. The van der Waals surface area contributed by atoms with Crippen LogP contribution in [0.2, 0.25) is 0 Å². The molecule has 0 heterocycles. The number of nitro groups is 1. The SMILES string of the molecule is COc1cc([N+](=O)[O-])ccc1C(O)O. The fourth-order valence-corrected chi connectivity index (χ4v) is 1.03. The van der Waals surface area contributed by atoms with E-state index in [4.69, 9.17) is 14.9 Å². The summed E-state index contributed by atoms with van der Waals surface area (Å²) in [6.45, 7) is 0. The molecule has 6 heteroatoms. The van der Waals surface area contributed by atoms with Gasteiger partial charge in [0.2, 0.25) is 0 Å². The van der Waals surface area contributed by atoms with Gasteiger partial charge in [-0.15, -0.1) is 0 Å². The number of benzene rings is 1. The predicted octanol–water partition coefficient (Wildman–Crippen LogP) is 0.587. The molecular weight excluding hydrogens is 190 g/mol. The van der Waals surface area contributed by atoms with Crippen molar-refractivity contribution in [3.8, 4) is 5.75 Å². The molecule has 1 aromatic carbocycles. The Balaban J connectivity index is 3.18. The zero-order chi connectivity index (χ0) is 10.7. The molecule has 0 radical (unpaired) electrons. The second kappa shape index (κ2) is 4.03. The highest BCUT2D eigenvalue weighted by atomic mass is 16.6. The summed E-state index contributed by atoms with van der Waals surface area (Å²) >= 11 is 0. The summed E-state index contributed by atoms with van der Waals surface area (Å²) in [7, 11) is 1.30. The topological polar surface area (TPSA) is 92.8 Å². The first-order chi connectivity index (χ1) is 6.56. The highest BCUT2D eigenvalue weighted by Crippen LogP contribution is 2.27. The van der Waals surface area contributed by atoms with Crippen LogP contribution in [0.4, 0.5) is 5.69 Å². The van der Waals surface area contributed by atoms with Crippen LogP contribution >= 0.6 is 0 Å². The quantitative estimate of drug-likeness (QED) is 0.422. The Kier molecular flexibility index (Phi) is 3.00. The number of non-ortho nitro benzene ring substituents is 1. The molecule has 1 aromatic rings. The molecule has 0 saturated carbocycles. The minimum absolute atomic E-state index is 0.0780. The van der Waals surface area contributed by atoms with Crippen LogP contribution in [-0.4, -0.2) is 22.2 Å². The average molecular weight is 199 g/mol. The maximum absolute atomic E-state index is 10.4. The normalized spacial score (nSPS) is 10.3. The van der Waals surface area contributed by atoms with Crippen LogP contribution in [-0.2, 0) is 0 Å². The number of hydrogen-bond acceptors (Lipinski definition) is 5. The molecule has 1 rings (SSSR count). The highest BCUT2D eigenvalue weighted by molar-refractivity contribution is 5.44. The molecule has 2 N–H and O–H groups in total. The Bertz CT molecular complexity index is 350. The van der Waals surface area contributed by atoms with Crippen LogP contribution < -0.4 is 4.74 Å². The summed E-state index contributed by atoms with van der Waals surface area (Å²) in [4.78, 5) is 9.79. The fraction of sp³-hybridized carbons (Fsp3) is 0.250. The van der Waals surface area contributed by atoms with Gasteiger partial charge in [-0.1, -0.05) is 0 Å². The lowest BCUT2D eigenvalue weighted by Gasteiger charge is -2.08. The smallest absolute Gasteiger partial charge is 0.273 e. The molecule has 6 nitrogen and oxygen atoms in total. The summed E-state index contributed by atoms with van der Waals surface area (Å²) in [5.41, 5.74) is -0.0654. The molecule has 0 atom stereocenters. The summed E-state index contributed by atoms with van der Waals surface area (Å²) in [6.07, 6.45) is -1.70. The van der Waals surface area contributed by atoms with Crippen molar-refractivity contribution >= 4 is 5.69 Å². The van der Waals surface area contributed by atoms with Gasteiger partial charge >= 0.3 is 0 Å². The average Bonchev–Trinajstić information content (AvgIpc) is 2.16. The second-order valence-electron chi connectivity index (χ2n) is 2.56. The van der Waals surface area contributed by atoms with Gasteiger partial charge in [0.15, 0.2) is 6.29 Å². The summed E-state index contributed by atoms with van der Waals surface area (Å²) in [5, 5.41) is 28.1. The largest absolute Gasteiger partial charge is 0.496 e. The monoisotopic (exact) mass is 199 g/mol. The number of ether oxygens (including phenoxy) is 1. The van der Waals surface area contributed by atoms with E-state index in [-0.39, 0.29) is 17.0 Å². The van der Waals surface area contributed by atoms with Crippen LogP contribution in [0.15, 0.2) is 18.2 Å². The lowest BCUT2D eigenvalue weighted by Crippen LogP contribution is -2.00. The summed E-state index contributed by atoms with van der Waals surface area (Å²) < 4.78 is 4.77. The molecule has 0 fully saturated rings. The Morgan fingerprint density at radius 2 is 2.14 bits per heavy atom. The van der Waals surface area contributed by atoms with Gasteiger partial charge in [-0.2, -0.15) is 0 Å². The number of nitro benzene ring substituents is 1. The van der Waals surface area contributed by atoms with Crippen LogP contribution in [0.1, 0.15) is 11.9 Å². The zero-order valence-corrected chi connectivity index (χ0v) is 7.38. The molecule has 0 aliphatic heterocycles. The molecular formula is C8H9NO5. The number of aliphatic hydroxyl groups excluding tert-OH is 1. The van der Waals surface area contributed by atoms with E-state index in [2.05, 4.69) is 0 Å². The van der Waals surface area contributed by atoms with Crippen molar-refractivity contribution in [2.75, 3.05) is 7.11 Å². The van der Waals surface area contributed by atoms with Gasteiger partial charge in [0.25, 0.3) is 5.69 Å². The molecule has 0 amide bonds. The maximum Gasteiger partial charge on any atom is 0.273 e. The number of rotatable bonds is 3. The third kappa shape index (κ3) is 1.98. The van der Waals surface area contributed by atoms with Crippen LogP contribution in [0.5, 0.6) is 5.75 Å². The molecule has 0 aromatic heterocycles. The Morgan fingerprint density at radius 1 is 1.50 bits per heavy atom. The second-order valence-corrected chi connectivity index (χ2v) is 2.56. The molecule has 0 bridgehead atoms. The van der Waals surface area contributed by atoms with Crippen molar-refractivity contribution in [3.05, 3.63) is 33.9 Å². The van der Waals surface area contributed by atoms with Crippen molar-refractivity contribution in [1.82, 2.24) is 0 Å². The summed E-state index contributed by atoms with van der Waals surface area (Å²) in [6, 6.07) is 3.55. The number of hydrogen-bond donors (Lipinski definition) is 2. The Hall–Kier alpha value is -1.66. The van der Waals surface area contributed by atoms with Crippen molar-refractivity contribution in [2.24, 2.45) is 0 Å². The standard InChI is InChI=1S/C8H9NO5/c1-14-7-4-5(9(12)13)2-3-6(7)8(10)11/h2-4,8,10-11H,1H3. The molecule has 76 valence electrons. The first kappa shape index (κ1) is 10.4. The van der Waals surface area contributed by atoms with Crippen molar-refractivity contribution in [1.29, 1.82) is 0 Å². The van der Waals surface area contributed by atoms with E-state index in [0.29, 0.717) is 0 Å². The summed E-state index contributed by atoms with van der Waals surface area (Å²) in [5.74, 6) is 0.0780. The van der Waals surface area contributed by atoms with E-state index in [0.717, 1.165) is 6.07 Å². The first-order valence-corrected chi connectivity index (χ1v) is 3.74. The van der Waals surface area contributed by atoms with Gasteiger partial charge in [-0.3, -0.25) is 10.1 Å². The Labute approximate surface area is 79.5 Å². The van der Waals surface area contributed by atoms with E-state index in [1.165, 1.54) is 19.2 Å². The molecule has 0 saturated heterocycles. The minimum Gasteiger partial charge on any atom is -0.496 e. The predicted molar refractivity (Wildman–Crippen MR) is 46.8 cm³/mol. The van der Waals surface area contributed by atoms with Crippen molar-refractivity contribution in [2.45, 2.75) is 6.29 Å². The van der Waals surface area contributed by atoms with Crippen LogP contribution in [0.25, 0.3) is 0 Å². The minimum atomic E-state index is -1.70. The van der Waals surface area contributed by atoms with E-state index in [9.17, 15) is 10.1 Å². The fourth-order valence-electron chi connectivity index (χ4n) is 1.03. The maximum atomic E-state index is 10.4. The van der Waals surface area contributed by atoms with E-state index >= 15 is 0 Å². The molecule has 0 spiro atoms. The number of methoxy groups -OCH3 is 1. The number of aliphatic hydroxyl groups is 2. The highest BCUT2D eigenvalue weighted by Gasteiger charge is 2.14. The molecule has 14 heavy (non-hydrogen) atoms. The molecule has 0 aliphatic rings. The third-order valence-corrected chi connectivity index (χ3v) is 1.71. The van der Waals surface area contributed by atoms with Gasteiger partial charge in [0, 0.05) is 11.6 Å². The van der Waals surface area contributed by atoms with Gasteiger partial charge in [-0.05, 0) is 6.07 Å². The lowest BCUT2D eigenvalue weighted by atomic mass is 10.2. The van der Waals surface area contributed by atoms with Gasteiger partial charge in [0.1, 0.15) is 5.75 Å². The van der Waals surface area contributed by atoms with E-state index < -0.39 is 11.2 Å². The van der Waals surface area contributed by atoms with Crippen LogP contribution in [0.3, 0.4) is 0 Å². The van der Waals surface area contributed by atoms with Gasteiger partial charge in [0.05, 0.1) is 18.1 Å². The molecule has 0 aliphatic carbocycles. The van der Waals surface area contributed by atoms with Crippen LogP contribution in [0, 0.1) is 10.1 Å². The first-order valence-electron chi connectivity index (χ1n) is 3.74. The molecule has 0 unspecified atom stereocenters. The van der Waals surface area contributed by atoms with Gasteiger partial charge < -0.3 is 14.9 Å². The number of nitrogens with zero attached hydrogens (tertiary/aromatic N) is 1. The Morgan fingerprint density at radius 3 is 2.57 bits per heavy atom. The van der Waals surface area contributed by atoms with E-state index in [1.807, 2.05) is 0 Å². The third-order valence-electron chi connectivity index (χ3n) is 1.71.